The zero-order valence-electron chi connectivity index (χ0n) is 21.4. The fourth-order valence-corrected chi connectivity index (χ4v) is 5.17. The van der Waals surface area contributed by atoms with Gasteiger partial charge in [-0.2, -0.15) is 0 Å². The number of likely N-dealkylation sites (tertiary alicyclic amines) is 1. The molecule has 6 nitrogen and oxygen atoms in total. The van der Waals surface area contributed by atoms with E-state index in [1.165, 1.54) is 11.6 Å². The summed E-state index contributed by atoms with van der Waals surface area (Å²) in [6, 6.07) is 9.00. The zero-order valence-corrected chi connectivity index (χ0v) is 21.4. The van der Waals surface area contributed by atoms with Crippen LogP contribution in [0.5, 0.6) is 5.75 Å². The predicted octanol–water partition coefficient (Wildman–Crippen LogP) is 5.56. The Morgan fingerprint density at radius 1 is 1.11 bits per heavy atom. The van der Waals surface area contributed by atoms with Crippen LogP contribution in [0.3, 0.4) is 0 Å². The van der Waals surface area contributed by atoms with Crippen molar-refractivity contribution in [1.82, 2.24) is 14.9 Å². The lowest BCUT2D eigenvalue weighted by Gasteiger charge is -2.34. The number of anilines is 3. The molecule has 3 heterocycles. The highest BCUT2D eigenvalue weighted by molar-refractivity contribution is 5.73. The topological polar surface area (TPSA) is 53.5 Å². The van der Waals surface area contributed by atoms with Crippen molar-refractivity contribution in [3.63, 3.8) is 0 Å². The lowest BCUT2D eigenvalue weighted by atomic mass is 9.86. The summed E-state index contributed by atoms with van der Waals surface area (Å²) in [5.74, 6) is 2.43. The van der Waals surface area contributed by atoms with E-state index in [1.807, 2.05) is 30.9 Å². The van der Waals surface area contributed by atoms with E-state index in [0.29, 0.717) is 36.0 Å². The van der Waals surface area contributed by atoms with E-state index in [4.69, 9.17) is 11.2 Å². The normalized spacial score (nSPS) is 16.3. The Morgan fingerprint density at radius 3 is 2.62 bits per heavy atom. The number of benzene rings is 2. The number of halogens is 2. The molecule has 2 aromatic carbocycles. The van der Waals surface area contributed by atoms with E-state index >= 15 is 0 Å². The van der Waals surface area contributed by atoms with Crippen LogP contribution < -0.4 is 15.0 Å². The Hall–Kier alpha value is -3.70. The minimum Gasteiger partial charge on any atom is -0.486 e. The molecule has 0 atom stereocenters. The molecule has 1 fully saturated rings. The molecule has 0 amide bonds. The summed E-state index contributed by atoms with van der Waals surface area (Å²) in [6.45, 7) is 7.16. The molecule has 0 saturated carbocycles. The van der Waals surface area contributed by atoms with Gasteiger partial charge in [0.15, 0.2) is 17.4 Å². The van der Waals surface area contributed by atoms with Crippen molar-refractivity contribution < 1.29 is 13.5 Å². The third kappa shape index (κ3) is 5.09. The fraction of sp³-hybridized carbons (Fsp3) is 0.379. The second-order valence-electron chi connectivity index (χ2n) is 9.98. The smallest absolute Gasteiger partial charge is 0.227 e. The van der Waals surface area contributed by atoms with Crippen LogP contribution in [0.15, 0.2) is 36.5 Å². The summed E-state index contributed by atoms with van der Waals surface area (Å²) in [5.41, 5.74) is 3.62. The van der Waals surface area contributed by atoms with Crippen LogP contribution in [0.1, 0.15) is 43.7 Å². The molecular weight excluding hydrogens is 472 g/mol. The molecule has 8 heteroatoms. The Labute approximate surface area is 216 Å². The molecule has 0 spiro atoms. The third-order valence-corrected chi connectivity index (χ3v) is 7.18. The first-order chi connectivity index (χ1) is 17.8. The molecule has 192 valence electrons. The summed E-state index contributed by atoms with van der Waals surface area (Å²) in [6.07, 6.45) is 9.08. The van der Waals surface area contributed by atoms with Gasteiger partial charge in [-0.05, 0) is 82.6 Å². The van der Waals surface area contributed by atoms with Gasteiger partial charge >= 0.3 is 0 Å². The summed E-state index contributed by atoms with van der Waals surface area (Å²) in [7, 11) is 2.13. The number of nitrogens with one attached hydrogen (secondary N) is 1. The number of hydrogen-bond acceptors (Lipinski definition) is 6. The van der Waals surface area contributed by atoms with Gasteiger partial charge < -0.3 is 19.9 Å². The second-order valence-corrected chi connectivity index (χ2v) is 9.98. The minimum atomic E-state index is -0.639. The molecule has 1 N–H and O–H groups in total. The van der Waals surface area contributed by atoms with Crippen molar-refractivity contribution in [1.29, 1.82) is 0 Å². The van der Waals surface area contributed by atoms with Crippen LogP contribution in [0, 0.1) is 24.0 Å². The van der Waals surface area contributed by atoms with Crippen molar-refractivity contribution >= 4 is 17.3 Å². The number of ether oxygens (including phenoxy) is 1. The average Bonchev–Trinajstić information content (AvgIpc) is 2.90. The minimum absolute atomic E-state index is 0.00796. The first-order valence-corrected chi connectivity index (χ1v) is 12.7. The maximum Gasteiger partial charge on any atom is 0.227 e. The third-order valence-electron chi connectivity index (χ3n) is 7.18. The molecular formula is C29H31F2N5O. The van der Waals surface area contributed by atoms with Crippen molar-refractivity contribution in [3.05, 3.63) is 59.3 Å². The van der Waals surface area contributed by atoms with E-state index in [-0.39, 0.29) is 23.4 Å². The second kappa shape index (κ2) is 10.3. The van der Waals surface area contributed by atoms with Gasteiger partial charge in [0.05, 0.1) is 18.4 Å². The van der Waals surface area contributed by atoms with Crippen LogP contribution in [0.25, 0.3) is 11.3 Å². The van der Waals surface area contributed by atoms with Crippen LogP contribution in [0.4, 0.5) is 26.1 Å². The molecule has 1 saturated heterocycles. The fourth-order valence-electron chi connectivity index (χ4n) is 5.17. The van der Waals surface area contributed by atoms with E-state index in [0.717, 1.165) is 37.7 Å². The first-order valence-electron chi connectivity index (χ1n) is 12.7. The molecule has 0 unspecified atom stereocenters. The van der Waals surface area contributed by atoms with Gasteiger partial charge in [-0.15, -0.1) is 6.42 Å². The Balaban J connectivity index is 1.44. The monoisotopic (exact) mass is 503 g/mol. The highest BCUT2D eigenvalue weighted by atomic mass is 19.1. The number of piperidine rings is 1. The number of nitrogens with zero attached hydrogens (tertiary/aromatic N) is 4. The van der Waals surface area contributed by atoms with Gasteiger partial charge in [0.1, 0.15) is 12.3 Å². The van der Waals surface area contributed by atoms with Gasteiger partial charge in [-0.25, -0.2) is 18.7 Å². The lowest BCUT2D eigenvalue weighted by Crippen LogP contribution is -2.38. The number of hydrogen-bond donors (Lipinski definition) is 1. The van der Waals surface area contributed by atoms with Crippen molar-refractivity contribution in [2.45, 2.75) is 38.6 Å². The van der Waals surface area contributed by atoms with Gasteiger partial charge in [0.25, 0.3) is 0 Å². The van der Waals surface area contributed by atoms with Gasteiger partial charge in [0.2, 0.25) is 5.95 Å². The molecule has 0 bridgehead atoms. The molecule has 0 radical (unpaired) electrons. The van der Waals surface area contributed by atoms with Crippen LogP contribution in [0.2, 0.25) is 0 Å². The van der Waals surface area contributed by atoms with Gasteiger partial charge in [0, 0.05) is 22.9 Å². The van der Waals surface area contributed by atoms with E-state index < -0.39 is 11.6 Å². The molecule has 37 heavy (non-hydrogen) atoms. The summed E-state index contributed by atoms with van der Waals surface area (Å²) < 4.78 is 35.4. The molecule has 5 rings (SSSR count). The predicted molar refractivity (Wildman–Crippen MR) is 142 cm³/mol. The maximum absolute atomic E-state index is 15.0. The number of terminal acetylenes is 1. The lowest BCUT2D eigenvalue weighted by molar-refractivity contribution is 0.255. The molecule has 2 aliphatic heterocycles. The highest BCUT2D eigenvalue weighted by Gasteiger charge is 2.26. The van der Waals surface area contributed by atoms with Crippen LogP contribution in [-0.2, 0) is 0 Å². The summed E-state index contributed by atoms with van der Waals surface area (Å²) in [4.78, 5) is 12.9. The Bertz CT molecular complexity index is 1340. The number of aromatic nitrogens is 2. The van der Waals surface area contributed by atoms with Gasteiger partial charge in [-0.1, -0.05) is 12.0 Å². The quantitative estimate of drug-likeness (QED) is 0.460. The Morgan fingerprint density at radius 2 is 1.89 bits per heavy atom. The van der Waals surface area contributed by atoms with Crippen molar-refractivity contribution in [2.24, 2.45) is 0 Å². The molecule has 3 aromatic rings. The average molecular weight is 504 g/mol. The number of rotatable bonds is 5. The number of fused-ring (bicyclic) bond motifs is 1. The molecule has 2 aliphatic rings. The van der Waals surface area contributed by atoms with Crippen LogP contribution in [-0.4, -0.2) is 54.2 Å². The van der Waals surface area contributed by atoms with Gasteiger partial charge in [-0.3, -0.25) is 0 Å². The largest absolute Gasteiger partial charge is 0.486 e. The highest BCUT2D eigenvalue weighted by Crippen LogP contribution is 2.39. The molecule has 1 aromatic heterocycles. The summed E-state index contributed by atoms with van der Waals surface area (Å²) >= 11 is 0. The van der Waals surface area contributed by atoms with E-state index in [9.17, 15) is 8.78 Å². The zero-order chi connectivity index (χ0) is 26.1. The standard InChI is InChI=1S/C29H31F2N5O/c1-5-19-14-22(6-7-23(19)20-8-10-35(4)11-9-20)33-29-32-17-25(31)27(34-29)21-15-24(30)28-26(16-21)36(18(2)3)12-13-37-28/h1,6-7,14-18,20H,8-13H2,2-4H3,(H,32,33,34). The Kier molecular flexibility index (Phi) is 6.98. The first kappa shape index (κ1) is 25.0. The van der Waals surface area contributed by atoms with E-state index in [1.54, 1.807) is 6.07 Å². The van der Waals surface area contributed by atoms with Crippen LogP contribution >= 0.6 is 0 Å². The SMILES string of the molecule is C#Cc1cc(Nc2ncc(F)c(-c3cc(F)c4c(c3)N(C(C)C)CCO4)n2)ccc1C1CCN(C)CC1. The summed E-state index contributed by atoms with van der Waals surface area (Å²) in [5, 5.41) is 3.14. The van der Waals surface area contributed by atoms with Crippen molar-refractivity contribution in [3.8, 4) is 29.4 Å². The van der Waals surface area contributed by atoms with Crippen molar-refractivity contribution in [2.75, 3.05) is 43.5 Å². The van der Waals surface area contributed by atoms with E-state index in [2.05, 4.69) is 39.2 Å². The molecule has 0 aliphatic carbocycles. The maximum atomic E-state index is 15.0.